The van der Waals surface area contributed by atoms with Gasteiger partial charge < -0.3 is 5.32 Å². The molecule has 0 saturated carbocycles. The maximum Gasteiger partial charge on any atom is 0.288 e. The standard InChI is InChI=1S/C15H12Cl2N2O2/c16-10-2-4-12-9(7-10)1-5-14(12)18-11-3-6-15(19(20)21)13(17)8-11/h2-4,6-8,14,18H,1,5H2. The zero-order valence-electron chi connectivity index (χ0n) is 11.0. The van der Waals surface area contributed by atoms with Gasteiger partial charge in [0.25, 0.3) is 5.69 Å². The molecule has 108 valence electrons. The molecule has 1 unspecified atom stereocenters. The first-order chi connectivity index (χ1) is 10.0. The van der Waals surface area contributed by atoms with E-state index in [1.807, 2.05) is 18.2 Å². The van der Waals surface area contributed by atoms with Crippen LogP contribution in [0.2, 0.25) is 10.0 Å². The zero-order valence-corrected chi connectivity index (χ0v) is 12.5. The molecule has 2 aromatic carbocycles. The van der Waals surface area contributed by atoms with Crippen LogP contribution in [0.5, 0.6) is 0 Å². The highest BCUT2D eigenvalue weighted by Crippen LogP contribution is 2.36. The van der Waals surface area contributed by atoms with Gasteiger partial charge in [-0.2, -0.15) is 0 Å². The molecule has 1 N–H and O–H groups in total. The lowest BCUT2D eigenvalue weighted by atomic mass is 10.1. The van der Waals surface area contributed by atoms with Crippen molar-refractivity contribution in [1.82, 2.24) is 0 Å². The summed E-state index contributed by atoms with van der Waals surface area (Å²) >= 11 is 11.9. The van der Waals surface area contributed by atoms with Crippen LogP contribution >= 0.6 is 23.2 Å². The third-order valence-electron chi connectivity index (χ3n) is 3.67. The van der Waals surface area contributed by atoms with Crippen molar-refractivity contribution in [2.24, 2.45) is 0 Å². The average molecular weight is 323 g/mol. The fourth-order valence-corrected chi connectivity index (χ4v) is 3.13. The highest BCUT2D eigenvalue weighted by atomic mass is 35.5. The minimum atomic E-state index is -0.487. The van der Waals surface area contributed by atoms with Crippen molar-refractivity contribution in [3.8, 4) is 0 Å². The number of fused-ring (bicyclic) bond motifs is 1. The van der Waals surface area contributed by atoms with Gasteiger partial charge in [-0.15, -0.1) is 0 Å². The Morgan fingerprint density at radius 2 is 2.00 bits per heavy atom. The lowest BCUT2D eigenvalue weighted by Gasteiger charge is -2.15. The SMILES string of the molecule is O=[N+]([O-])c1ccc(NC2CCc3cc(Cl)ccc32)cc1Cl. The third kappa shape index (κ3) is 2.82. The number of hydrogen-bond acceptors (Lipinski definition) is 3. The van der Waals surface area contributed by atoms with Gasteiger partial charge in [0.05, 0.1) is 11.0 Å². The quantitative estimate of drug-likeness (QED) is 0.639. The maximum absolute atomic E-state index is 10.8. The second-order valence-corrected chi connectivity index (χ2v) is 5.85. The van der Waals surface area contributed by atoms with Crippen molar-refractivity contribution < 1.29 is 4.92 Å². The molecule has 0 radical (unpaired) electrons. The first kappa shape index (κ1) is 14.2. The van der Waals surface area contributed by atoms with Crippen molar-refractivity contribution >= 4 is 34.6 Å². The number of aryl methyl sites for hydroxylation is 1. The number of halogens is 2. The van der Waals surface area contributed by atoms with Crippen molar-refractivity contribution in [3.05, 3.63) is 67.7 Å². The third-order valence-corrected chi connectivity index (χ3v) is 4.21. The summed E-state index contributed by atoms with van der Waals surface area (Å²) in [7, 11) is 0. The second-order valence-electron chi connectivity index (χ2n) is 5.00. The summed E-state index contributed by atoms with van der Waals surface area (Å²) in [5, 5.41) is 15.0. The smallest absolute Gasteiger partial charge is 0.288 e. The van der Waals surface area contributed by atoms with E-state index < -0.39 is 4.92 Å². The van der Waals surface area contributed by atoms with Crippen LogP contribution in [0, 0.1) is 10.1 Å². The monoisotopic (exact) mass is 322 g/mol. The minimum absolute atomic E-state index is 0.0826. The molecule has 1 aliphatic rings. The molecule has 0 bridgehead atoms. The van der Waals surface area contributed by atoms with Gasteiger partial charge in [0.1, 0.15) is 5.02 Å². The molecule has 0 aromatic heterocycles. The second kappa shape index (κ2) is 5.54. The first-order valence-electron chi connectivity index (χ1n) is 6.53. The molecule has 6 heteroatoms. The summed E-state index contributed by atoms with van der Waals surface area (Å²) in [6.07, 6.45) is 1.93. The fraction of sp³-hybridized carbons (Fsp3) is 0.200. The van der Waals surface area contributed by atoms with Crippen LogP contribution in [0.15, 0.2) is 36.4 Å². The summed E-state index contributed by atoms with van der Waals surface area (Å²) in [6, 6.07) is 10.8. The van der Waals surface area contributed by atoms with Crippen LogP contribution in [0.4, 0.5) is 11.4 Å². The van der Waals surface area contributed by atoms with Gasteiger partial charge in [-0.1, -0.05) is 29.3 Å². The van der Waals surface area contributed by atoms with E-state index >= 15 is 0 Å². The van der Waals surface area contributed by atoms with E-state index in [9.17, 15) is 10.1 Å². The molecule has 0 aliphatic heterocycles. The van der Waals surface area contributed by atoms with Crippen LogP contribution in [0.3, 0.4) is 0 Å². The topological polar surface area (TPSA) is 55.2 Å². The molecule has 21 heavy (non-hydrogen) atoms. The number of nitrogens with one attached hydrogen (secondary N) is 1. The molecule has 1 atom stereocenters. The van der Waals surface area contributed by atoms with E-state index in [1.165, 1.54) is 17.2 Å². The largest absolute Gasteiger partial charge is 0.378 e. The molecular formula is C15H12Cl2N2O2. The molecule has 0 amide bonds. The summed E-state index contributed by atoms with van der Waals surface area (Å²) < 4.78 is 0. The predicted octanol–water partition coefficient (Wildman–Crippen LogP) is 5.00. The van der Waals surface area contributed by atoms with E-state index in [0.717, 1.165) is 23.6 Å². The van der Waals surface area contributed by atoms with Crippen molar-refractivity contribution in [1.29, 1.82) is 0 Å². The predicted molar refractivity (Wildman–Crippen MR) is 84.2 cm³/mol. The van der Waals surface area contributed by atoms with Crippen molar-refractivity contribution in [2.75, 3.05) is 5.32 Å². The number of hydrogen-bond donors (Lipinski definition) is 1. The van der Waals surface area contributed by atoms with E-state index in [-0.39, 0.29) is 16.8 Å². The lowest BCUT2D eigenvalue weighted by Crippen LogP contribution is -2.07. The van der Waals surface area contributed by atoms with Crippen molar-refractivity contribution in [3.63, 3.8) is 0 Å². The number of nitro benzene ring substituents is 1. The Morgan fingerprint density at radius 1 is 1.19 bits per heavy atom. The number of nitro groups is 1. The average Bonchev–Trinajstić information content (AvgIpc) is 2.80. The van der Waals surface area contributed by atoms with Crippen LogP contribution in [0.25, 0.3) is 0 Å². The minimum Gasteiger partial charge on any atom is -0.378 e. The molecule has 2 aromatic rings. The molecule has 0 fully saturated rings. The maximum atomic E-state index is 10.8. The Hall–Kier alpha value is -1.78. The van der Waals surface area contributed by atoms with Gasteiger partial charge in [0.2, 0.25) is 0 Å². The molecule has 0 heterocycles. The summed E-state index contributed by atoms with van der Waals surface area (Å²) in [5.41, 5.74) is 3.15. The highest BCUT2D eigenvalue weighted by molar-refractivity contribution is 6.33. The Labute approximate surface area is 131 Å². The molecular weight excluding hydrogens is 311 g/mol. The molecule has 0 spiro atoms. The summed E-state index contributed by atoms with van der Waals surface area (Å²) in [5.74, 6) is 0. The van der Waals surface area contributed by atoms with Gasteiger partial charge >= 0.3 is 0 Å². The zero-order chi connectivity index (χ0) is 15.0. The number of anilines is 1. The van der Waals surface area contributed by atoms with Gasteiger partial charge in [-0.05, 0) is 48.2 Å². The van der Waals surface area contributed by atoms with E-state index in [2.05, 4.69) is 5.32 Å². The normalized spacial score (nSPS) is 16.6. The lowest BCUT2D eigenvalue weighted by molar-refractivity contribution is -0.384. The summed E-state index contributed by atoms with van der Waals surface area (Å²) in [4.78, 5) is 10.3. The van der Waals surface area contributed by atoms with Gasteiger partial charge in [-0.25, -0.2) is 0 Å². The first-order valence-corrected chi connectivity index (χ1v) is 7.29. The van der Waals surface area contributed by atoms with Crippen LogP contribution in [0.1, 0.15) is 23.6 Å². The molecule has 1 aliphatic carbocycles. The number of rotatable bonds is 3. The van der Waals surface area contributed by atoms with Gasteiger partial charge in [0.15, 0.2) is 0 Å². The molecule has 4 nitrogen and oxygen atoms in total. The van der Waals surface area contributed by atoms with E-state index in [1.54, 1.807) is 12.1 Å². The van der Waals surface area contributed by atoms with Crippen LogP contribution in [-0.4, -0.2) is 4.92 Å². The van der Waals surface area contributed by atoms with Crippen molar-refractivity contribution in [2.45, 2.75) is 18.9 Å². The fourth-order valence-electron chi connectivity index (χ4n) is 2.68. The molecule has 0 saturated heterocycles. The Bertz CT molecular complexity index is 719. The Balaban J connectivity index is 1.83. The Kier molecular flexibility index (Phi) is 3.74. The Morgan fingerprint density at radius 3 is 2.71 bits per heavy atom. The van der Waals surface area contributed by atoms with Crippen LogP contribution < -0.4 is 5.32 Å². The van der Waals surface area contributed by atoms with Crippen LogP contribution in [-0.2, 0) is 6.42 Å². The highest BCUT2D eigenvalue weighted by Gasteiger charge is 2.23. The van der Waals surface area contributed by atoms with Gasteiger partial charge in [0, 0.05) is 16.8 Å². The van der Waals surface area contributed by atoms with Gasteiger partial charge in [-0.3, -0.25) is 10.1 Å². The summed E-state index contributed by atoms with van der Waals surface area (Å²) in [6.45, 7) is 0. The van der Waals surface area contributed by atoms with E-state index in [0.29, 0.717) is 0 Å². The number of benzene rings is 2. The number of nitrogens with zero attached hydrogens (tertiary/aromatic N) is 1. The van der Waals surface area contributed by atoms with E-state index in [4.69, 9.17) is 23.2 Å². The molecule has 3 rings (SSSR count).